The molecule has 1 heterocycles. The quantitative estimate of drug-likeness (QED) is 0.732. The lowest BCUT2D eigenvalue weighted by atomic mass is 10.2. The molecule has 100 valence electrons. The van der Waals surface area contributed by atoms with Gasteiger partial charge in [-0.1, -0.05) is 0 Å². The van der Waals surface area contributed by atoms with Crippen LogP contribution in [0, 0.1) is 5.82 Å². The Morgan fingerprint density at radius 3 is 2.60 bits per heavy atom. The van der Waals surface area contributed by atoms with Gasteiger partial charge >= 0.3 is 0 Å². The molecular weight excluding hydrogens is 325 g/mol. The van der Waals surface area contributed by atoms with Crippen LogP contribution in [0.1, 0.15) is 0 Å². The number of rotatable bonds is 2. The average Bonchev–Trinajstić information content (AvgIpc) is 2.91. The first-order valence-electron chi connectivity index (χ1n) is 5.75. The molecule has 3 aromatic rings. The summed E-state index contributed by atoms with van der Waals surface area (Å²) >= 11 is 3.37. The third-order valence-electron chi connectivity index (χ3n) is 2.77. The van der Waals surface area contributed by atoms with Crippen molar-refractivity contribution in [2.24, 2.45) is 0 Å². The molecule has 0 aliphatic carbocycles. The molecule has 1 aromatic heterocycles. The topological polar surface area (TPSA) is 69.6 Å². The Balaban J connectivity index is 2.15. The molecule has 0 aliphatic heterocycles. The molecule has 0 aliphatic rings. The van der Waals surface area contributed by atoms with Gasteiger partial charge in [-0.3, -0.25) is 0 Å². The maximum atomic E-state index is 13.4. The zero-order valence-electron chi connectivity index (χ0n) is 10.2. The molecule has 0 amide bonds. The first kappa shape index (κ1) is 12.7. The van der Waals surface area contributed by atoms with Crippen molar-refractivity contribution in [2.45, 2.75) is 0 Å². The molecule has 0 saturated heterocycles. The molecule has 0 unspecified atom stereocenters. The minimum atomic E-state index is -0.359. The lowest BCUT2D eigenvalue weighted by Gasteiger charge is -2.07. The van der Waals surface area contributed by atoms with E-state index < -0.39 is 0 Å². The molecular formula is C13H9BrFN5. The van der Waals surface area contributed by atoms with Crippen LogP contribution in [0.5, 0.6) is 0 Å². The van der Waals surface area contributed by atoms with Gasteiger partial charge in [0.05, 0.1) is 5.69 Å². The predicted octanol–water partition coefficient (Wildman–Crippen LogP) is 2.81. The number of benzene rings is 2. The van der Waals surface area contributed by atoms with Gasteiger partial charge in [-0.25, -0.2) is 4.39 Å². The zero-order valence-corrected chi connectivity index (χ0v) is 11.7. The zero-order chi connectivity index (χ0) is 14.1. The maximum Gasteiger partial charge on any atom is 0.187 e. The summed E-state index contributed by atoms with van der Waals surface area (Å²) in [6, 6.07) is 11.5. The largest absolute Gasteiger partial charge is 0.399 e. The molecule has 20 heavy (non-hydrogen) atoms. The van der Waals surface area contributed by atoms with Gasteiger partial charge in [-0.05, 0) is 62.8 Å². The van der Waals surface area contributed by atoms with E-state index in [0.717, 1.165) is 5.56 Å². The second-order valence-electron chi connectivity index (χ2n) is 4.13. The van der Waals surface area contributed by atoms with Crippen molar-refractivity contribution in [3.8, 4) is 17.1 Å². The summed E-state index contributed by atoms with van der Waals surface area (Å²) in [6.07, 6.45) is 0. The SMILES string of the molecule is Nc1ccc(-c2nnnn2-c2cc(F)ccc2Br)cc1. The van der Waals surface area contributed by atoms with E-state index >= 15 is 0 Å². The van der Waals surface area contributed by atoms with E-state index in [0.29, 0.717) is 21.7 Å². The minimum absolute atomic E-state index is 0.359. The summed E-state index contributed by atoms with van der Waals surface area (Å²) in [5.41, 5.74) is 7.63. The molecule has 2 aromatic carbocycles. The van der Waals surface area contributed by atoms with Crippen LogP contribution >= 0.6 is 15.9 Å². The van der Waals surface area contributed by atoms with E-state index in [1.807, 2.05) is 12.1 Å². The first-order valence-corrected chi connectivity index (χ1v) is 6.54. The van der Waals surface area contributed by atoms with Crippen molar-refractivity contribution in [1.82, 2.24) is 20.2 Å². The number of halogens is 2. The van der Waals surface area contributed by atoms with E-state index in [9.17, 15) is 4.39 Å². The van der Waals surface area contributed by atoms with Gasteiger partial charge in [-0.2, -0.15) is 4.68 Å². The number of nitrogen functional groups attached to an aromatic ring is 1. The van der Waals surface area contributed by atoms with Gasteiger partial charge in [0.25, 0.3) is 0 Å². The van der Waals surface area contributed by atoms with Crippen molar-refractivity contribution >= 4 is 21.6 Å². The maximum absolute atomic E-state index is 13.4. The Labute approximate surface area is 122 Å². The fraction of sp³-hybridized carbons (Fsp3) is 0. The molecule has 0 bridgehead atoms. The minimum Gasteiger partial charge on any atom is -0.399 e. The summed E-state index contributed by atoms with van der Waals surface area (Å²) < 4.78 is 15.6. The van der Waals surface area contributed by atoms with Crippen molar-refractivity contribution in [3.05, 3.63) is 52.8 Å². The molecule has 0 spiro atoms. The third kappa shape index (κ3) is 2.27. The van der Waals surface area contributed by atoms with Crippen molar-refractivity contribution in [2.75, 3.05) is 5.73 Å². The van der Waals surface area contributed by atoms with E-state index in [-0.39, 0.29) is 5.82 Å². The number of aromatic nitrogens is 4. The molecule has 0 radical (unpaired) electrons. The van der Waals surface area contributed by atoms with Crippen molar-refractivity contribution in [3.63, 3.8) is 0 Å². The first-order chi connectivity index (χ1) is 9.65. The Morgan fingerprint density at radius 1 is 1.10 bits per heavy atom. The average molecular weight is 334 g/mol. The normalized spacial score (nSPS) is 10.7. The lowest BCUT2D eigenvalue weighted by molar-refractivity contribution is 0.624. The van der Waals surface area contributed by atoms with Crippen LogP contribution in [-0.4, -0.2) is 20.2 Å². The fourth-order valence-corrected chi connectivity index (χ4v) is 2.22. The predicted molar refractivity (Wildman–Crippen MR) is 76.7 cm³/mol. The summed E-state index contributed by atoms with van der Waals surface area (Å²) in [5.74, 6) is 0.151. The number of nitrogens with zero attached hydrogens (tertiary/aromatic N) is 4. The van der Waals surface area contributed by atoms with Gasteiger partial charge in [0.15, 0.2) is 5.82 Å². The number of nitrogens with two attached hydrogens (primary N) is 1. The van der Waals surface area contributed by atoms with Crippen LogP contribution in [0.2, 0.25) is 0 Å². The van der Waals surface area contributed by atoms with Crippen LogP contribution in [-0.2, 0) is 0 Å². The van der Waals surface area contributed by atoms with Gasteiger partial charge in [0.1, 0.15) is 5.82 Å². The number of tetrazole rings is 1. The van der Waals surface area contributed by atoms with E-state index in [1.165, 1.54) is 16.8 Å². The Hall–Kier alpha value is -2.28. The van der Waals surface area contributed by atoms with Crippen LogP contribution in [0.25, 0.3) is 17.1 Å². The third-order valence-corrected chi connectivity index (χ3v) is 3.45. The van der Waals surface area contributed by atoms with Gasteiger partial charge in [0, 0.05) is 21.8 Å². The molecule has 0 saturated carbocycles. The highest BCUT2D eigenvalue weighted by atomic mass is 79.9. The highest BCUT2D eigenvalue weighted by molar-refractivity contribution is 9.10. The van der Waals surface area contributed by atoms with Crippen LogP contribution in [0.3, 0.4) is 0 Å². The molecule has 7 heteroatoms. The van der Waals surface area contributed by atoms with E-state index in [1.54, 1.807) is 18.2 Å². The number of hydrogen-bond donors (Lipinski definition) is 1. The number of anilines is 1. The summed E-state index contributed by atoms with van der Waals surface area (Å²) in [4.78, 5) is 0. The molecule has 0 fully saturated rings. The molecule has 5 nitrogen and oxygen atoms in total. The fourth-order valence-electron chi connectivity index (χ4n) is 1.81. The van der Waals surface area contributed by atoms with Crippen molar-refractivity contribution in [1.29, 1.82) is 0 Å². The summed E-state index contributed by atoms with van der Waals surface area (Å²) in [6.45, 7) is 0. The Bertz CT molecular complexity index is 754. The summed E-state index contributed by atoms with van der Waals surface area (Å²) in [7, 11) is 0. The second-order valence-corrected chi connectivity index (χ2v) is 4.99. The molecule has 3 rings (SSSR count). The van der Waals surface area contributed by atoms with Gasteiger partial charge in [0.2, 0.25) is 0 Å². The summed E-state index contributed by atoms with van der Waals surface area (Å²) in [5, 5.41) is 11.6. The van der Waals surface area contributed by atoms with E-state index in [2.05, 4.69) is 31.5 Å². The smallest absolute Gasteiger partial charge is 0.187 e. The Morgan fingerprint density at radius 2 is 1.85 bits per heavy atom. The van der Waals surface area contributed by atoms with Gasteiger partial charge in [-0.15, -0.1) is 5.10 Å². The van der Waals surface area contributed by atoms with Crippen LogP contribution in [0.15, 0.2) is 46.9 Å². The standard InChI is InChI=1S/C13H9BrFN5/c14-11-6-3-9(15)7-12(11)20-13(17-18-19-20)8-1-4-10(16)5-2-8/h1-7H,16H2. The van der Waals surface area contributed by atoms with Crippen LogP contribution < -0.4 is 5.73 Å². The molecule has 0 atom stereocenters. The van der Waals surface area contributed by atoms with E-state index in [4.69, 9.17) is 5.73 Å². The highest BCUT2D eigenvalue weighted by Gasteiger charge is 2.13. The second kappa shape index (κ2) is 5.01. The molecule has 2 N–H and O–H groups in total. The number of hydrogen-bond acceptors (Lipinski definition) is 4. The monoisotopic (exact) mass is 333 g/mol. The van der Waals surface area contributed by atoms with Crippen molar-refractivity contribution < 1.29 is 4.39 Å². The highest BCUT2D eigenvalue weighted by Crippen LogP contribution is 2.26. The van der Waals surface area contributed by atoms with Gasteiger partial charge < -0.3 is 5.73 Å². The van der Waals surface area contributed by atoms with Crippen LogP contribution in [0.4, 0.5) is 10.1 Å². The lowest BCUT2D eigenvalue weighted by Crippen LogP contribution is -2.01. The Kier molecular flexibility index (Phi) is 3.19.